The third-order valence-electron chi connectivity index (χ3n) is 15.0. The van der Waals surface area contributed by atoms with Gasteiger partial charge >= 0.3 is 0 Å². The normalized spacial score (nSPS) is 41.4. The number of likely N-dealkylation sites (tertiary alicyclic amines) is 1. The van der Waals surface area contributed by atoms with Crippen LogP contribution in [0.3, 0.4) is 0 Å². The van der Waals surface area contributed by atoms with Crippen molar-refractivity contribution in [1.82, 2.24) is 14.7 Å². The Kier molecular flexibility index (Phi) is 7.97. The number of terminal acetylenes is 1. The molecular weight excluding hydrogens is 598 g/mol. The Balaban J connectivity index is 0.935. The van der Waals surface area contributed by atoms with E-state index in [-0.39, 0.29) is 34.8 Å². The number of aliphatic hydroxyl groups is 2. The summed E-state index contributed by atoms with van der Waals surface area (Å²) in [7, 11) is 0. The molecule has 256 valence electrons. The van der Waals surface area contributed by atoms with Gasteiger partial charge in [-0.25, -0.2) is 0 Å². The van der Waals surface area contributed by atoms with E-state index >= 15 is 0 Å². The van der Waals surface area contributed by atoms with Crippen molar-refractivity contribution in [2.24, 2.45) is 34.5 Å². The molecule has 2 aromatic rings. The molecule has 3 unspecified atom stereocenters. The highest BCUT2D eigenvalue weighted by molar-refractivity contribution is 6.08. The molecule has 2 saturated heterocycles. The van der Waals surface area contributed by atoms with Gasteiger partial charge in [-0.15, -0.1) is 6.42 Å². The van der Waals surface area contributed by atoms with Crippen LogP contribution >= 0.6 is 0 Å². The van der Waals surface area contributed by atoms with Crippen LogP contribution in [-0.2, 0) is 4.79 Å². The number of amides is 2. The number of nitrogens with zero attached hydrogens (tertiary/aromatic N) is 3. The molecule has 6 fully saturated rings. The van der Waals surface area contributed by atoms with Crippen molar-refractivity contribution in [3.63, 3.8) is 0 Å². The van der Waals surface area contributed by atoms with E-state index in [1.807, 2.05) is 52.3 Å². The largest absolute Gasteiger partial charge is 0.391 e. The lowest BCUT2D eigenvalue weighted by atomic mass is 9.44. The molecular formula is C41H53N3O4. The Hall–Kier alpha value is -2.92. The van der Waals surface area contributed by atoms with Gasteiger partial charge in [0.15, 0.2) is 0 Å². The topological polar surface area (TPSA) is 84.3 Å². The number of carbonyl (C=O) groups is 2. The minimum atomic E-state index is -0.985. The molecule has 2 aliphatic heterocycles. The summed E-state index contributed by atoms with van der Waals surface area (Å²) in [4.78, 5) is 34.0. The average molecular weight is 652 g/mol. The lowest BCUT2D eigenvalue weighted by Gasteiger charge is -2.63. The maximum atomic E-state index is 14.0. The average Bonchev–Trinajstić information content (AvgIpc) is 3.70. The number of benzene rings is 2. The number of hydrogen-bond acceptors (Lipinski definition) is 5. The highest BCUT2D eigenvalue weighted by Gasteiger charge is 2.65. The molecule has 0 aromatic heterocycles. The van der Waals surface area contributed by atoms with Gasteiger partial charge in [0.2, 0.25) is 5.91 Å². The van der Waals surface area contributed by atoms with Gasteiger partial charge < -0.3 is 20.0 Å². The van der Waals surface area contributed by atoms with Crippen LogP contribution in [0.25, 0.3) is 10.8 Å². The predicted octanol–water partition coefficient (Wildman–Crippen LogP) is 5.34. The van der Waals surface area contributed by atoms with E-state index in [1.165, 1.54) is 6.42 Å². The van der Waals surface area contributed by atoms with E-state index < -0.39 is 11.6 Å². The van der Waals surface area contributed by atoms with Crippen molar-refractivity contribution in [1.29, 1.82) is 0 Å². The SMILES string of the molecule is C#C[C@]1(O)CCC2C3CC[C@H]4C[C@H](O)[C@@H](N5CCN(C(=O)[C@@H]6CCCN6C(=O)c6cccc7ccccc67)CC5)C[C@]4(C)C3CC[C@@]21C. The number of hydrogen-bond donors (Lipinski definition) is 2. The van der Waals surface area contributed by atoms with Crippen LogP contribution in [0.4, 0.5) is 0 Å². The van der Waals surface area contributed by atoms with Crippen LogP contribution in [0, 0.1) is 46.8 Å². The molecule has 2 amide bonds. The van der Waals surface area contributed by atoms with E-state index in [0.29, 0.717) is 61.7 Å². The maximum absolute atomic E-state index is 14.0. The smallest absolute Gasteiger partial charge is 0.255 e. The second-order valence-electron chi connectivity index (χ2n) is 16.8. The van der Waals surface area contributed by atoms with E-state index in [4.69, 9.17) is 6.42 Å². The summed E-state index contributed by atoms with van der Waals surface area (Å²) in [5, 5.41) is 25.0. The fourth-order valence-electron chi connectivity index (χ4n) is 12.2. The van der Waals surface area contributed by atoms with Crippen molar-refractivity contribution in [3.05, 3.63) is 48.0 Å². The van der Waals surface area contributed by atoms with Crippen LogP contribution in [0.1, 0.15) is 88.4 Å². The van der Waals surface area contributed by atoms with Crippen molar-refractivity contribution in [2.45, 2.75) is 102 Å². The lowest BCUT2D eigenvalue weighted by Crippen LogP contribution is -2.63. The summed E-state index contributed by atoms with van der Waals surface area (Å²) in [6.07, 6.45) is 15.1. The monoisotopic (exact) mass is 651 g/mol. The predicted molar refractivity (Wildman–Crippen MR) is 187 cm³/mol. The first kappa shape index (κ1) is 32.3. The molecule has 2 heterocycles. The van der Waals surface area contributed by atoms with Crippen molar-refractivity contribution in [3.8, 4) is 12.3 Å². The zero-order chi connectivity index (χ0) is 33.4. The number of rotatable bonds is 3. The second kappa shape index (κ2) is 11.9. The zero-order valence-corrected chi connectivity index (χ0v) is 28.8. The van der Waals surface area contributed by atoms with Crippen LogP contribution in [0.15, 0.2) is 42.5 Å². The molecule has 4 aliphatic carbocycles. The van der Waals surface area contributed by atoms with E-state index in [2.05, 4.69) is 24.7 Å². The van der Waals surface area contributed by atoms with Gasteiger partial charge in [0, 0.05) is 49.7 Å². The summed E-state index contributed by atoms with van der Waals surface area (Å²) in [6, 6.07) is 13.5. The van der Waals surface area contributed by atoms with E-state index in [0.717, 1.165) is 68.8 Å². The second-order valence-corrected chi connectivity index (χ2v) is 16.8. The fourth-order valence-corrected chi connectivity index (χ4v) is 12.2. The summed E-state index contributed by atoms with van der Waals surface area (Å²) >= 11 is 0. The Bertz CT molecular complexity index is 1620. The summed E-state index contributed by atoms with van der Waals surface area (Å²) < 4.78 is 0. The van der Waals surface area contributed by atoms with Gasteiger partial charge in [0.25, 0.3) is 5.91 Å². The molecule has 7 heteroatoms. The molecule has 6 aliphatic rings. The summed E-state index contributed by atoms with van der Waals surface area (Å²) in [6.45, 7) is 8.15. The fraction of sp³-hybridized carbons (Fsp3) is 0.659. The number of piperazine rings is 1. The van der Waals surface area contributed by atoms with Crippen LogP contribution in [0.5, 0.6) is 0 Å². The van der Waals surface area contributed by atoms with Crippen molar-refractivity contribution in [2.75, 3.05) is 32.7 Å². The molecule has 7 nitrogen and oxygen atoms in total. The van der Waals surface area contributed by atoms with Crippen molar-refractivity contribution >= 4 is 22.6 Å². The number of aliphatic hydroxyl groups excluding tert-OH is 1. The highest BCUT2D eigenvalue weighted by atomic mass is 16.3. The number of fused-ring (bicyclic) bond motifs is 6. The van der Waals surface area contributed by atoms with Gasteiger partial charge in [-0.1, -0.05) is 56.2 Å². The minimum Gasteiger partial charge on any atom is -0.391 e. The third-order valence-corrected chi connectivity index (χ3v) is 15.0. The van der Waals surface area contributed by atoms with E-state index in [9.17, 15) is 19.8 Å². The first-order chi connectivity index (χ1) is 23.1. The van der Waals surface area contributed by atoms with Crippen molar-refractivity contribution < 1.29 is 19.8 Å². The molecule has 8 rings (SSSR count). The number of carbonyl (C=O) groups excluding carboxylic acids is 2. The zero-order valence-electron chi connectivity index (χ0n) is 28.8. The molecule has 0 radical (unpaired) electrons. The molecule has 2 aromatic carbocycles. The van der Waals surface area contributed by atoms with E-state index in [1.54, 1.807) is 0 Å². The lowest BCUT2D eigenvalue weighted by molar-refractivity contribution is -0.163. The summed E-state index contributed by atoms with van der Waals surface area (Å²) in [5.41, 5.74) is -0.356. The molecule has 2 N–H and O–H groups in total. The first-order valence-corrected chi connectivity index (χ1v) is 18.8. The van der Waals surface area contributed by atoms with Gasteiger partial charge in [0.1, 0.15) is 11.6 Å². The molecule has 0 bridgehead atoms. The summed E-state index contributed by atoms with van der Waals surface area (Å²) in [5.74, 6) is 5.02. The van der Waals surface area contributed by atoms with Gasteiger partial charge in [-0.3, -0.25) is 14.5 Å². The van der Waals surface area contributed by atoms with Gasteiger partial charge in [-0.05, 0) is 110 Å². The minimum absolute atomic E-state index is 0.0511. The molecule has 48 heavy (non-hydrogen) atoms. The van der Waals surface area contributed by atoms with Gasteiger partial charge in [0.05, 0.1) is 6.10 Å². The highest BCUT2D eigenvalue weighted by Crippen LogP contribution is 2.68. The Morgan fingerprint density at radius 2 is 1.65 bits per heavy atom. The first-order valence-electron chi connectivity index (χ1n) is 18.8. The Labute approximate surface area is 286 Å². The maximum Gasteiger partial charge on any atom is 0.255 e. The third kappa shape index (κ3) is 4.80. The standard InChI is InChI=1S/C41H53N3O4/c1-4-41(48)19-17-33-31-15-14-28-25-36(45)35(26-39(28,2)32(31)16-18-40(33,41)3)42-21-23-43(24-22-42)38(47)34-13-8-20-44(34)37(46)30-12-7-10-27-9-5-6-11-29(27)30/h1,5-7,9-12,28,31-36,45,48H,8,13-26H2,2-3H3/t28-,31?,32?,33?,34-,35-,36-,39-,40-,41-/m0/s1. The Morgan fingerprint density at radius 3 is 2.44 bits per heavy atom. The Morgan fingerprint density at radius 1 is 0.896 bits per heavy atom. The quantitative estimate of drug-likeness (QED) is 0.439. The van der Waals surface area contributed by atoms with Gasteiger partial charge in [-0.2, -0.15) is 0 Å². The van der Waals surface area contributed by atoms with Crippen LogP contribution < -0.4 is 0 Å². The molecule has 4 saturated carbocycles. The van der Waals surface area contributed by atoms with Crippen LogP contribution in [0.2, 0.25) is 0 Å². The van der Waals surface area contributed by atoms with Crippen LogP contribution in [-0.4, -0.2) is 93.2 Å². The molecule has 0 spiro atoms. The molecule has 10 atom stereocenters.